The molecule has 2 N–H and O–H groups in total. The molecule has 0 fully saturated rings. The van der Waals surface area contributed by atoms with E-state index in [0.29, 0.717) is 6.42 Å². The minimum Gasteiger partial charge on any atom is -0.480 e. The molecular weight excluding hydrogens is 236 g/mol. The Kier molecular flexibility index (Phi) is 5.10. The Hall–Kier alpha value is -2.11. The standard InChI is InChI=1S/C12H16N2O4/c1-2-9(12(17)18)13-10(15)6-8-14-7-4-3-5-11(14)16/h3-5,7,9H,2,6,8H2,1H3,(H,13,15)(H,17,18). The fourth-order valence-electron chi connectivity index (χ4n) is 1.47. The highest BCUT2D eigenvalue weighted by Crippen LogP contribution is 1.94. The van der Waals surface area contributed by atoms with Gasteiger partial charge in [0.1, 0.15) is 6.04 Å². The molecule has 1 rings (SSSR count). The third-order valence-electron chi connectivity index (χ3n) is 2.52. The zero-order chi connectivity index (χ0) is 13.5. The molecule has 1 atom stereocenters. The van der Waals surface area contributed by atoms with Crippen LogP contribution in [0.3, 0.4) is 0 Å². The van der Waals surface area contributed by atoms with Crippen LogP contribution in [-0.2, 0) is 16.1 Å². The highest BCUT2D eigenvalue weighted by Gasteiger charge is 2.17. The number of aliphatic carboxylic acids is 1. The number of hydrogen-bond donors (Lipinski definition) is 2. The number of nitrogens with one attached hydrogen (secondary N) is 1. The lowest BCUT2D eigenvalue weighted by molar-refractivity contribution is -0.141. The van der Waals surface area contributed by atoms with Crippen molar-refractivity contribution in [2.75, 3.05) is 0 Å². The maximum absolute atomic E-state index is 11.5. The number of carbonyl (C=O) groups is 2. The van der Waals surface area contributed by atoms with Gasteiger partial charge >= 0.3 is 5.97 Å². The Morgan fingerprint density at radius 1 is 1.44 bits per heavy atom. The summed E-state index contributed by atoms with van der Waals surface area (Å²) in [5, 5.41) is 11.2. The molecular formula is C12H16N2O4. The van der Waals surface area contributed by atoms with E-state index < -0.39 is 12.0 Å². The first-order chi connectivity index (χ1) is 8.54. The lowest BCUT2D eigenvalue weighted by Crippen LogP contribution is -2.40. The van der Waals surface area contributed by atoms with Crippen molar-refractivity contribution in [3.8, 4) is 0 Å². The number of hydrogen-bond acceptors (Lipinski definition) is 3. The highest BCUT2D eigenvalue weighted by molar-refractivity contribution is 5.83. The summed E-state index contributed by atoms with van der Waals surface area (Å²) in [7, 11) is 0. The van der Waals surface area contributed by atoms with Crippen molar-refractivity contribution in [2.45, 2.75) is 32.4 Å². The SMILES string of the molecule is CCC(NC(=O)CCn1ccccc1=O)C(=O)O. The second kappa shape index (κ2) is 6.58. The molecule has 0 bridgehead atoms. The van der Waals surface area contributed by atoms with Crippen molar-refractivity contribution in [3.63, 3.8) is 0 Å². The largest absolute Gasteiger partial charge is 0.480 e. The quantitative estimate of drug-likeness (QED) is 0.758. The van der Waals surface area contributed by atoms with Gasteiger partial charge in [-0.2, -0.15) is 0 Å². The summed E-state index contributed by atoms with van der Waals surface area (Å²) >= 11 is 0. The Labute approximate surface area is 104 Å². The Balaban J connectivity index is 2.49. The lowest BCUT2D eigenvalue weighted by Gasteiger charge is -2.12. The molecule has 1 aromatic rings. The molecule has 1 unspecified atom stereocenters. The summed E-state index contributed by atoms with van der Waals surface area (Å²) < 4.78 is 1.40. The molecule has 0 aliphatic rings. The maximum Gasteiger partial charge on any atom is 0.326 e. The molecule has 1 heterocycles. The van der Waals surface area contributed by atoms with E-state index in [1.807, 2.05) is 0 Å². The number of aromatic nitrogens is 1. The van der Waals surface area contributed by atoms with E-state index in [1.54, 1.807) is 25.3 Å². The van der Waals surface area contributed by atoms with Crippen molar-refractivity contribution in [1.29, 1.82) is 0 Å². The molecule has 18 heavy (non-hydrogen) atoms. The number of carboxylic acids is 1. The zero-order valence-corrected chi connectivity index (χ0v) is 10.1. The smallest absolute Gasteiger partial charge is 0.326 e. The van der Waals surface area contributed by atoms with E-state index in [4.69, 9.17) is 5.11 Å². The Morgan fingerprint density at radius 2 is 2.17 bits per heavy atom. The third kappa shape index (κ3) is 4.04. The van der Waals surface area contributed by atoms with Crippen LogP contribution >= 0.6 is 0 Å². The van der Waals surface area contributed by atoms with Gasteiger partial charge in [-0.3, -0.25) is 9.59 Å². The van der Waals surface area contributed by atoms with E-state index in [-0.39, 0.29) is 24.4 Å². The number of nitrogens with zero attached hydrogens (tertiary/aromatic N) is 1. The van der Waals surface area contributed by atoms with Crippen LogP contribution in [0, 0.1) is 0 Å². The molecule has 1 amide bonds. The van der Waals surface area contributed by atoms with Crippen LogP contribution < -0.4 is 10.9 Å². The van der Waals surface area contributed by atoms with Gasteiger partial charge in [-0.15, -0.1) is 0 Å². The molecule has 0 saturated carbocycles. The summed E-state index contributed by atoms with van der Waals surface area (Å²) in [6.07, 6.45) is 1.99. The number of carbonyl (C=O) groups excluding carboxylic acids is 1. The number of pyridine rings is 1. The molecule has 0 spiro atoms. The second-order valence-electron chi connectivity index (χ2n) is 3.85. The van der Waals surface area contributed by atoms with Crippen LogP contribution in [-0.4, -0.2) is 27.6 Å². The summed E-state index contributed by atoms with van der Waals surface area (Å²) in [6.45, 7) is 1.92. The van der Waals surface area contributed by atoms with E-state index in [2.05, 4.69) is 5.32 Å². The van der Waals surface area contributed by atoms with E-state index in [0.717, 1.165) is 0 Å². The number of aryl methyl sites for hydroxylation is 1. The van der Waals surface area contributed by atoms with Crippen molar-refractivity contribution >= 4 is 11.9 Å². The first kappa shape index (κ1) is 14.0. The van der Waals surface area contributed by atoms with Gasteiger partial charge in [0.15, 0.2) is 0 Å². The van der Waals surface area contributed by atoms with Crippen LogP contribution in [0.15, 0.2) is 29.2 Å². The minimum absolute atomic E-state index is 0.0771. The van der Waals surface area contributed by atoms with E-state index >= 15 is 0 Å². The number of rotatable bonds is 6. The van der Waals surface area contributed by atoms with Gasteiger partial charge in [0.05, 0.1) is 0 Å². The molecule has 0 aliphatic heterocycles. The summed E-state index contributed by atoms with van der Waals surface area (Å²) in [5.74, 6) is -1.43. The monoisotopic (exact) mass is 252 g/mol. The first-order valence-electron chi connectivity index (χ1n) is 5.72. The zero-order valence-electron chi connectivity index (χ0n) is 10.1. The molecule has 1 aromatic heterocycles. The van der Waals surface area contributed by atoms with E-state index in [1.165, 1.54) is 10.6 Å². The average molecular weight is 252 g/mol. The van der Waals surface area contributed by atoms with Gasteiger partial charge in [-0.1, -0.05) is 13.0 Å². The van der Waals surface area contributed by atoms with Crippen LogP contribution in [0.1, 0.15) is 19.8 Å². The molecule has 0 aromatic carbocycles. The molecule has 6 heteroatoms. The van der Waals surface area contributed by atoms with Crippen molar-refractivity contribution in [1.82, 2.24) is 9.88 Å². The Morgan fingerprint density at radius 3 is 2.72 bits per heavy atom. The van der Waals surface area contributed by atoms with Crippen molar-refractivity contribution in [3.05, 3.63) is 34.7 Å². The summed E-state index contributed by atoms with van der Waals surface area (Å²) in [4.78, 5) is 33.6. The van der Waals surface area contributed by atoms with Gasteiger partial charge in [-0.05, 0) is 12.5 Å². The molecule has 0 saturated heterocycles. The lowest BCUT2D eigenvalue weighted by atomic mass is 10.2. The molecule has 6 nitrogen and oxygen atoms in total. The fraction of sp³-hybridized carbons (Fsp3) is 0.417. The van der Waals surface area contributed by atoms with Gasteiger partial charge in [-0.25, -0.2) is 4.79 Å². The van der Waals surface area contributed by atoms with Gasteiger partial charge < -0.3 is 15.0 Å². The van der Waals surface area contributed by atoms with Crippen LogP contribution in [0.2, 0.25) is 0 Å². The molecule has 0 aliphatic carbocycles. The predicted molar refractivity (Wildman–Crippen MR) is 65.2 cm³/mol. The first-order valence-corrected chi connectivity index (χ1v) is 5.72. The summed E-state index contributed by atoms with van der Waals surface area (Å²) in [5.41, 5.74) is -0.185. The van der Waals surface area contributed by atoms with Crippen LogP contribution in [0.5, 0.6) is 0 Å². The van der Waals surface area contributed by atoms with Gasteiger partial charge in [0, 0.05) is 25.2 Å². The Bertz CT molecular complexity index is 481. The second-order valence-corrected chi connectivity index (χ2v) is 3.85. The average Bonchev–Trinajstić information content (AvgIpc) is 2.34. The summed E-state index contributed by atoms with van der Waals surface area (Å²) in [6, 6.07) is 3.86. The predicted octanol–water partition coefficient (Wildman–Crippen LogP) is 0.218. The van der Waals surface area contributed by atoms with Gasteiger partial charge in [0.2, 0.25) is 5.91 Å². The van der Waals surface area contributed by atoms with Gasteiger partial charge in [0.25, 0.3) is 5.56 Å². The normalized spacial score (nSPS) is 11.8. The number of carboxylic acid groups (broad SMARTS) is 1. The molecule has 98 valence electrons. The fourth-order valence-corrected chi connectivity index (χ4v) is 1.47. The topological polar surface area (TPSA) is 88.4 Å². The van der Waals surface area contributed by atoms with Crippen molar-refractivity contribution < 1.29 is 14.7 Å². The van der Waals surface area contributed by atoms with E-state index in [9.17, 15) is 14.4 Å². The van der Waals surface area contributed by atoms with Crippen LogP contribution in [0.25, 0.3) is 0 Å². The van der Waals surface area contributed by atoms with Crippen LogP contribution in [0.4, 0.5) is 0 Å². The third-order valence-corrected chi connectivity index (χ3v) is 2.52. The highest BCUT2D eigenvalue weighted by atomic mass is 16.4. The van der Waals surface area contributed by atoms with Crippen molar-refractivity contribution in [2.24, 2.45) is 0 Å². The minimum atomic E-state index is -1.05. The number of amides is 1. The maximum atomic E-state index is 11.5. The molecule has 0 radical (unpaired) electrons.